The Balaban J connectivity index is 1.75. The quantitative estimate of drug-likeness (QED) is 0.793. The van der Waals surface area contributed by atoms with Crippen LogP contribution >= 0.6 is 11.6 Å². The molecule has 4 unspecified atom stereocenters. The molecule has 0 saturated heterocycles. The summed E-state index contributed by atoms with van der Waals surface area (Å²) in [5.74, 6) is 2.93. The molecule has 2 bridgehead atoms. The molecule has 2 aliphatic rings. The van der Waals surface area contributed by atoms with Crippen LogP contribution in [0.25, 0.3) is 0 Å². The van der Waals surface area contributed by atoms with E-state index >= 15 is 0 Å². The highest BCUT2D eigenvalue weighted by Gasteiger charge is 2.40. The minimum atomic E-state index is 0.428. The molecule has 1 nitrogen and oxygen atoms in total. The van der Waals surface area contributed by atoms with Crippen molar-refractivity contribution in [2.45, 2.75) is 52.0 Å². The topological polar surface area (TPSA) is 12.0 Å². The molecule has 3 rings (SSSR count). The molecule has 0 radical (unpaired) electrons. The molecule has 0 amide bonds. The summed E-state index contributed by atoms with van der Waals surface area (Å²) in [5, 5.41) is 4.59. The summed E-state index contributed by atoms with van der Waals surface area (Å²) < 4.78 is 0. The highest BCUT2D eigenvalue weighted by molar-refractivity contribution is 6.31. The van der Waals surface area contributed by atoms with E-state index in [1.807, 2.05) is 0 Å². The van der Waals surface area contributed by atoms with Gasteiger partial charge in [-0.1, -0.05) is 37.1 Å². The highest BCUT2D eigenvalue weighted by Crippen LogP contribution is 2.51. The molecule has 0 spiro atoms. The third kappa shape index (κ3) is 2.89. The normalized spacial score (nSPS) is 29.9. The number of halogens is 1. The molecule has 1 aromatic carbocycles. The fraction of sp³-hybridized carbons (Fsp3) is 0.667. The first-order valence-corrected chi connectivity index (χ1v) is 8.54. The highest BCUT2D eigenvalue weighted by atomic mass is 35.5. The van der Waals surface area contributed by atoms with Crippen LogP contribution in [-0.2, 0) is 0 Å². The van der Waals surface area contributed by atoms with Crippen molar-refractivity contribution in [1.82, 2.24) is 5.32 Å². The third-order valence-corrected chi connectivity index (χ3v) is 5.73. The van der Waals surface area contributed by atoms with Crippen molar-refractivity contribution in [2.24, 2.45) is 17.8 Å². The van der Waals surface area contributed by atoms with E-state index in [4.69, 9.17) is 11.6 Å². The van der Waals surface area contributed by atoms with Crippen LogP contribution < -0.4 is 5.32 Å². The van der Waals surface area contributed by atoms with Crippen molar-refractivity contribution >= 4 is 11.6 Å². The molecule has 0 heterocycles. The van der Waals surface area contributed by atoms with E-state index in [9.17, 15) is 0 Å². The average molecular weight is 292 g/mol. The van der Waals surface area contributed by atoms with E-state index in [0.717, 1.165) is 29.3 Å². The van der Waals surface area contributed by atoms with Gasteiger partial charge in [-0.15, -0.1) is 0 Å². The maximum atomic E-state index is 6.48. The van der Waals surface area contributed by atoms with Gasteiger partial charge >= 0.3 is 0 Å². The molecule has 1 aromatic rings. The van der Waals surface area contributed by atoms with Crippen molar-refractivity contribution in [2.75, 3.05) is 6.54 Å². The summed E-state index contributed by atoms with van der Waals surface area (Å²) in [6.45, 7) is 5.30. The number of fused-ring (bicyclic) bond motifs is 2. The molecular formula is C18H26ClN. The third-order valence-electron chi connectivity index (χ3n) is 5.40. The first-order chi connectivity index (χ1) is 9.67. The van der Waals surface area contributed by atoms with E-state index < -0.39 is 0 Å². The van der Waals surface area contributed by atoms with Crippen LogP contribution in [-0.4, -0.2) is 6.54 Å². The fourth-order valence-electron chi connectivity index (χ4n) is 4.45. The van der Waals surface area contributed by atoms with Gasteiger partial charge in [0, 0.05) is 11.1 Å². The van der Waals surface area contributed by atoms with E-state index in [0.29, 0.717) is 6.04 Å². The lowest BCUT2D eigenvalue weighted by molar-refractivity contribution is 0.280. The van der Waals surface area contributed by atoms with Crippen LogP contribution in [0.1, 0.15) is 56.2 Å². The van der Waals surface area contributed by atoms with Crippen LogP contribution in [0.5, 0.6) is 0 Å². The minimum Gasteiger partial charge on any atom is -0.310 e. The zero-order valence-corrected chi connectivity index (χ0v) is 13.4. The van der Waals surface area contributed by atoms with Crippen molar-refractivity contribution in [3.63, 3.8) is 0 Å². The molecule has 2 fully saturated rings. The van der Waals surface area contributed by atoms with Gasteiger partial charge in [-0.25, -0.2) is 0 Å². The van der Waals surface area contributed by atoms with E-state index in [-0.39, 0.29) is 0 Å². The summed E-state index contributed by atoms with van der Waals surface area (Å²) in [5.41, 5.74) is 2.54. The van der Waals surface area contributed by atoms with Crippen molar-refractivity contribution in [1.29, 1.82) is 0 Å². The Bertz CT molecular complexity index is 470. The molecule has 0 aromatic heterocycles. The molecule has 2 aliphatic carbocycles. The zero-order valence-electron chi connectivity index (χ0n) is 12.7. The van der Waals surface area contributed by atoms with Crippen molar-refractivity contribution < 1.29 is 0 Å². The van der Waals surface area contributed by atoms with Gasteiger partial charge < -0.3 is 5.32 Å². The van der Waals surface area contributed by atoms with Crippen LogP contribution in [0.3, 0.4) is 0 Å². The molecule has 110 valence electrons. The van der Waals surface area contributed by atoms with E-state index in [1.54, 1.807) is 0 Å². The van der Waals surface area contributed by atoms with Gasteiger partial charge in [-0.2, -0.15) is 0 Å². The lowest BCUT2D eigenvalue weighted by atomic mass is 9.82. The van der Waals surface area contributed by atoms with Gasteiger partial charge in [0.25, 0.3) is 0 Å². The predicted molar refractivity (Wildman–Crippen MR) is 86.2 cm³/mol. The minimum absolute atomic E-state index is 0.428. The predicted octanol–water partition coefficient (Wildman–Crippen LogP) is 5.13. The first kappa shape index (κ1) is 14.4. The van der Waals surface area contributed by atoms with Crippen LogP contribution in [0.4, 0.5) is 0 Å². The Kier molecular flexibility index (Phi) is 4.37. The van der Waals surface area contributed by atoms with E-state index in [1.165, 1.54) is 43.2 Å². The summed E-state index contributed by atoms with van der Waals surface area (Å²) in [6, 6.07) is 6.93. The second-order valence-electron chi connectivity index (χ2n) is 6.81. The molecule has 4 atom stereocenters. The van der Waals surface area contributed by atoms with Gasteiger partial charge in [0.2, 0.25) is 0 Å². The number of aryl methyl sites for hydroxylation is 1. The number of hydrogen-bond acceptors (Lipinski definition) is 1. The first-order valence-electron chi connectivity index (χ1n) is 8.16. The maximum absolute atomic E-state index is 6.48. The van der Waals surface area contributed by atoms with Gasteiger partial charge in [-0.05, 0) is 74.1 Å². The van der Waals surface area contributed by atoms with Crippen LogP contribution in [0.15, 0.2) is 18.2 Å². The van der Waals surface area contributed by atoms with Crippen LogP contribution in [0.2, 0.25) is 5.02 Å². The smallest absolute Gasteiger partial charge is 0.0456 e. The standard InChI is InChI=1S/C18H26ClN/c1-3-20-18(16-7-4-12(2)8-17(16)19)11-15-10-13-5-6-14(15)9-13/h4,7-8,13-15,18,20H,3,5-6,9-11H2,1-2H3. The van der Waals surface area contributed by atoms with Gasteiger partial charge in [0.1, 0.15) is 0 Å². The molecule has 1 N–H and O–H groups in total. The maximum Gasteiger partial charge on any atom is 0.0456 e. The Morgan fingerprint density at radius 1 is 1.30 bits per heavy atom. The number of rotatable bonds is 5. The molecule has 20 heavy (non-hydrogen) atoms. The van der Waals surface area contributed by atoms with Crippen molar-refractivity contribution in [3.8, 4) is 0 Å². The van der Waals surface area contributed by atoms with Gasteiger partial charge in [-0.3, -0.25) is 0 Å². The molecule has 2 heteroatoms. The summed E-state index contributed by atoms with van der Waals surface area (Å²) in [4.78, 5) is 0. The van der Waals surface area contributed by atoms with Crippen LogP contribution in [0, 0.1) is 24.7 Å². The second-order valence-corrected chi connectivity index (χ2v) is 7.21. The fourth-order valence-corrected chi connectivity index (χ4v) is 4.82. The number of benzene rings is 1. The summed E-state index contributed by atoms with van der Waals surface area (Å²) >= 11 is 6.48. The Labute approximate surface area is 128 Å². The lowest BCUT2D eigenvalue weighted by Gasteiger charge is -2.28. The summed E-state index contributed by atoms with van der Waals surface area (Å²) in [6.07, 6.45) is 7.16. The monoisotopic (exact) mass is 291 g/mol. The largest absolute Gasteiger partial charge is 0.310 e. The van der Waals surface area contributed by atoms with E-state index in [2.05, 4.69) is 37.4 Å². The Morgan fingerprint density at radius 2 is 2.15 bits per heavy atom. The molecule has 0 aliphatic heterocycles. The molecule has 2 saturated carbocycles. The Hall–Kier alpha value is -0.530. The SMILES string of the molecule is CCNC(CC1CC2CCC1C2)c1ccc(C)cc1Cl. The molecular weight excluding hydrogens is 266 g/mol. The number of hydrogen-bond donors (Lipinski definition) is 1. The Morgan fingerprint density at radius 3 is 2.75 bits per heavy atom. The summed E-state index contributed by atoms with van der Waals surface area (Å²) in [7, 11) is 0. The van der Waals surface area contributed by atoms with Gasteiger partial charge in [0.15, 0.2) is 0 Å². The number of nitrogens with one attached hydrogen (secondary N) is 1. The van der Waals surface area contributed by atoms with Gasteiger partial charge in [0.05, 0.1) is 0 Å². The lowest BCUT2D eigenvalue weighted by Crippen LogP contribution is -2.25. The zero-order chi connectivity index (χ0) is 14.1. The second kappa shape index (κ2) is 6.07. The van der Waals surface area contributed by atoms with Crippen molar-refractivity contribution in [3.05, 3.63) is 34.3 Å². The average Bonchev–Trinajstić information content (AvgIpc) is 3.00.